The van der Waals surface area contributed by atoms with Crippen LogP contribution in [0.2, 0.25) is 0 Å². The van der Waals surface area contributed by atoms with E-state index < -0.39 is 0 Å². The van der Waals surface area contributed by atoms with Gasteiger partial charge >= 0.3 is 44.1 Å². The number of rotatable bonds is 0. The van der Waals surface area contributed by atoms with Crippen LogP contribution in [0.15, 0.2) is 48.1 Å². The van der Waals surface area contributed by atoms with E-state index in [1.807, 2.05) is 0 Å². The average molecular weight is 555 g/mol. The molecule has 0 N–H and O–H groups in total. The molecule has 0 amide bonds. The van der Waals surface area contributed by atoms with Gasteiger partial charge in [0.1, 0.15) is 0 Å². The smallest absolute Gasteiger partial charge is 0.444 e. The zero-order valence-corrected chi connectivity index (χ0v) is 16.1. The molecule has 0 aliphatic carbocycles. The molecule has 0 aromatic rings. The van der Waals surface area contributed by atoms with Gasteiger partial charge in [0.2, 0.25) is 0 Å². The largest absolute Gasteiger partial charge is 5.00 e. The van der Waals surface area contributed by atoms with Crippen LogP contribution < -0.4 is 0 Å². The van der Waals surface area contributed by atoms with Crippen molar-refractivity contribution in [2.45, 2.75) is 0 Å². The standard InChI is InChI=1S/9HNO2.Nb.Ti/c9*2-1-3;;/h9*(H,2,3);;/q;;;;;;;;;+5;+4/p-9. The van der Waals surface area contributed by atoms with E-state index >= 15 is 0 Å². The predicted octanol–water partition coefficient (Wildman–Crippen LogP) is 2.25. The maximum absolute atomic E-state index is 8.00. The SMILES string of the molecule is O=N[O-].O=N[O-].O=N[O-].O=N[O-].O=N[O-].O=N[O-].O=N[O-].O=N[O-].O=N[O-].[Nb+5].[Ti+4]. The Labute approximate surface area is 183 Å². The Morgan fingerprint density at radius 2 is 0.276 bits per heavy atom. The summed E-state index contributed by atoms with van der Waals surface area (Å²) in [6.45, 7) is 0. The second kappa shape index (κ2) is 500. The molecule has 27 nitrogen and oxygen atoms in total. The molecule has 0 aromatic carbocycles. The number of hydrogen-bond acceptors (Lipinski definition) is 27. The molecule has 0 saturated carbocycles. The van der Waals surface area contributed by atoms with E-state index in [0.29, 0.717) is 0 Å². The van der Waals surface area contributed by atoms with Crippen molar-refractivity contribution in [1.82, 2.24) is 0 Å². The Hall–Kier alpha value is -3.95. The third-order valence-electron chi connectivity index (χ3n) is 0. The molecule has 0 spiro atoms. The van der Waals surface area contributed by atoms with Crippen molar-refractivity contribution in [2.24, 2.45) is 48.1 Å². The maximum atomic E-state index is 8.00. The molecular weight excluding hydrogens is 555 g/mol. The quantitative estimate of drug-likeness (QED) is 0.235. The van der Waals surface area contributed by atoms with Gasteiger partial charge in [0.05, 0.1) is 0 Å². The predicted molar refractivity (Wildman–Crippen MR) is 82.5 cm³/mol. The van der Waals surface area contributed by atoms with Crippen molar-refractivity contribution in [1.29, 1.82) is 0 Å². The van der Waals surface area contributed by atoms with Crippen LogP contribution in [0.4, 0.5) is 0 Å². The summed E-state index contributed by atoms with van der Waals surface area (Å²) in [5.41, 5.74) is 0. The third-order valence-corrected chi connectivity index (χ3v) is 0. The van der Waals surface area contributed by atoms with Gasteiger partial charge in [0, 0.05) is 0 Å². The molecule has 0 fully saturated rings. The summed E-state index contributed by atoms with van der Waals surface area (Å²) in [6, 6.07) is 0. The van der Waals surface area contributed by atoms with Crippen molar-refractivity contribution in [3.8, 4) is 0 Å². The van der Waals surface area contributed by atoms with E-state index in [-0.39, 0.29) is 44.1 Å². The molecule has 0 atom stereocenters. The van der Waals surface area contributed by atoms with Crippen LogP contribution in [0, 0.1) is 91.0 Å². The molecule has 162 valence electrons. The van der Waals surface area contributed by atoms with E-state index in [2.05, 4.69) is 0 Å². The number of hydrogen-bond donors (Lipinski definition) is 0. The molecule has 0 aromatic heterocycles. The Bertz CT molecular complexity index is 190. The van der Waals surface area contributed by atoms with Crippen molar-refractivity contribution in [2.75, 3.05) is 0 Å². The van der Waals surface area contributed by atoms with Crippen LogP contribution in [-0.2, 0) is 44.1 Å². The molecule has 0 heterocycles. The normalized spacial score (nSPS) is 3.72. The Morgan fingerprint density at radius 1 is 0.276 bits per heavy atom. The van der Waals surface area contributed by atoms with Crippen molar-refractivity contribution in [3.05, 3.63) is 91.0 Å². The van der Waals surface area contributed by atoms with Gasteiger partial charge in [-0.1, -0.05) is 0 Å². The summed E-state index contributed by atoms with van der Waals surface area (Å²) in [5.74, 6) is 0. The molecular formula is N9NbO18Ti. The van der Waals surface area contributed by atoms with Crippen LogP contribution in [0.3, 0.4) is 0 Å². The first kappa shape index (κ1) is 73.4. The summed E-state index contributed by atoms with van der Waals surface area (Å²) in [6.07, 6.45) is 0. The topological polar surface area (TPSA) is 472 Å². The monoisotopic (exact) mass is 555 g/mol. The van der Waals surface area contributed by atoms with Gasteiger partial charge in [-0.3, -0.25) is 0 Å². The van der Waals surface area contributed by atoms with Gasteiger partial charge in [-0.25, -0.2) is 0 Å². The van der Waals surface area contributed by atoms with Crippen molar-refractivity contribution >= 4 is 0 Å². The van der Waals surface area contributed by atoms with E-state index in [1.165, 1.54) is 0 Å². The maximum Gasteiger partial charge on any atom is 5.00 e. The van der Waals surface area contributed by atoms with Gasteiger partial charge in [0.25, 0.3) is 0 Å². The van der Waals surface area contributed by atoms with E-state index in [9.17, 15) is 0 Å². The first-order chi connectivity index (χ1) is 12.7. The van der Waals surface area contributed by atoms with Crippen LogP contribution in [0.25, 0.3) is 0 Å². The van der Waals surface area contributed by atoms with Crippen molar-refractivity contribution in [3.63, 3.8) is 0 Å². The molecule has 0 aliphatic rings. The molecule has 0 rings (SSSR count). The minimum atomic E-state index is 0. The van der Waals surface area contributed by atoms with Gasteiger partial charge in [-0.2, -0.15) is 0 Å². The fourth-order valence-electron chi connectivity index (χ4n) is 0. The fourth-order valence-corrected chi connectivity index (χ4v) is 0. The van der Waals surface area contributed by atoms with Crippen LogP contribution >= 0.6 is 0 Å². The van der Waals surface area contributed by atoms with Crippen LogP contribution in [-0.4, -0.2) is 0 Å². The second-order valence-electron chi connectivity index (χ2n) is 0.671. The Morgan fingerprint density at radius 3 is 0.276 bits per heavy atom. The number of nitrogens with zero attached hydrogens (tertiary/aromatic N) is 9. The first-order valence-corrected chi connectivity index (χ1v) is 3.29. The van der Waals surface area contributed by atoms with Gasteiger partial charge in [0.15, 0.2) is 0 Å². The average Bonchev–Trinajstić information content (AvgIpc) is 2.53. The van der Waals surface area contributed by atoms with Gasteiger partial charge < -0.3 is 91.0 Å². The Kier molecular flexibility index (Phi) is 1270. The van der Waals surface area contributed by atoms with E-state index in [1.54, 1.807) is 0 Å². The summed E-state index contributed by atoms with van der Waals surface area (Å²) in [5, 5.41) is 81.0. The zero-order valence-electron chi connectivity index (χ0n) is 12.3. The minimum absolute atomic E-state index is 0. The van der Waals surface area contributed by atoms with Gasteiger partial charge in [-0.15, -0.1) is 48.1 Å². The van der Waals surface area contributed by atoms with Crippen molar-refractivity contribution < 1.29 is 44.1 Å². The summed E-state index contributed by atoms with van der Waals surface area (Å²) in [7, 11) is 0. The molecule has 29 heavy (non-hydrogen) atoms. The molecule has 0 unspecified atom stereocenters. The van der Waals surface area contributed by atoms with E-state index in [0.717, 1.165) is 48.1 Å². The summed E-state index contributed by atoms with van der Waals surface area (Å²) >= 11 is 0. The molecule has 0 aliphatic heterocycles. The minimum Gasteiger partial charge on any atom is -0.444 e. The molecule has 0 bridgehead atoms. The zero-order chi connectivity index (χ0) is 24.4. The molecule has 29 heteroatoms. The van der Waals surface area contributed by atoms with E-state index in [4.69, 9.17) is 91.0 Å². The molecule has 0 radical (unpaired) electrons. The fraction of sp³-hybridized carbons (Fsp3) is 0. The van der Waals surface area contributed by atoms with Gasteiger partial charge in [-0.05, 0) is 0 Å². The van der Waals surface area contributed by atoms with Crippen LogP contribution in [0.1, 0.15) is 0 Å². The summed E-state index contributed by atoms with van der Waals surface area (Å²) < 4.78 is 0. The second-order valence-corrected chi connectivity index (χ2v) is 0.671. The Balaban J connectivity index is -0.0000000138. The third kappa shape index (κ3) is 752. The molecule has 0 saturated heterocycles. The summed E-state index contributed by atoms with van der Waals surface area (Å²) in [4.78, 5) is 72.0. The first-order valence-electron chi connectivity index (χ1n) is 3.29. The van der Waals surface area contributed by atoms with Crippen LogP contribution in [0.5, 0.6) is 0 Å².